The summed E-state index contributed by atoms with van der Waals surface area (Å²) in [4.78, 5) is 25.7. The van der Waals surface area contributed by atoms with E-state index in [1.165, 1.54) is 32.1 Å². The maximum Gasteiger partial charge on any atom is 0.237 e. The number of piperidine rings is 2. The van der Waals surface area contributed by atoms with Gasteiger partial charge in [0.1, 0.15) is 0 Å². The standard InChI is InChI=1S/C16H27N3O2/c1-19-10-12(7-9-15(19)20)17-16(21)14-8-6-11-4-2-3-5-13(11)18-14/h11-14,18H,2-10H2,1H3,(H,17,21). The number of carbonyl (C=O) groups excluding carboxylic acids is 2. The first-order valence-corrected chi connectivity index (χ1v) is 8.44. The van der Waals surface area contributed by atoms with Gasteiger partial charge in [0.05, 0.1) is 6.04 Å². The molecule has 2 saturated heterocycles. The van der Waals surface area contributed by atoms with E-state index in [4.69, 9.17) is 0 Å². The van der Waals surface area contributed by atoms with E-state index in [1.54, 1.807) is 4.90 Å². The molecule has 0 bridgehead atoms. The van der Waals surface area contributed by atoms with Crippen LogP contribution in [-0.2, 0) is 9.59 Å². The lowest BCUT2D eigenvalue weighted by molar-refractivity contribution is -0.134. The van der Waals surface area contributed by atoms with Crippen LogP contribution >= 0.6 is 0 Å². The third-order valence-electron chi connectivity index (χ3n) is 5.44. The van der Waals surface area contributed by atoms with Crippen LogP contribution in [0.15, 0.2) is 0 Å². The summed E-state index contributed by atoms with van der Waals surface area (Å²) in [5.41, 5.74) is 0. The molecule has 4 unspecified atom stereocenters. The zero-order chi connectivity index (χ0) is 14.8. The molecule has 118 valence electrons. The highest BCUT2D eigenvalue weighted by Crippen LogP contribution is 2.32. The Morgan fingerprint density at radius 3 is 2.81 bits per heavy atom. The van der Waals surface area contributed by atoms with Crippen LogP contribution in [0, 0.1) is 5.92 Å². The van der Waals surface area contributed by atoms with Crippen molar-refractivity contribution in [2.24, 2.45) is 5.92 Å². The van der Waals surface area contributed by atoms with Crippen LogP contribution in [0.3, 0.4) is 0 Å². The molecule has 5 heteroatoms. The molecule has 1 aliphatic carbocycles. The Labute approximate surface area is 126 Å². The van der Waals surface area contributed by atoms with Crippen molar-refractivity contribution in [2.45, 2.75) is 69.5 Å². The van der Waals surface area contributed by atoms with Gasteiger partial charge in [-0.15, -0.1) is 0 Å². The fraction of sp³-hybridized carbons (Fsp3) is 0.875. The molecule has 0 aromatic heterocycles. The summed E-state index contributed by atoms with van der Waals surface area (Å²) in [5.74, 6) is 1.09. The lowest BCUT2D eigenvalue weighted by Gasteiger charge is -2.40. The smallest absolute Gasteiger partial charge is 0.237 e. The van der Waals surface area contributed by atoms with Gasteiger partial charge in [-0.05, 0) is 38.0 Å². The maximum absolute atomic E-state index is 12.5. The van der Waals surface area contributed by atoms with Gasteiger partial charge < -0.3 is 15.5 Å². The molecule has 0 aromatic carbocycles. The van der Waals surface area contributed by atoms with Gasteiger partial charge in [0, 0.05) is 32.1 Å². The van der Waals surface area contributed by atoms with Crippen LogP contribution in [0.25, 0.3) is 0 Å². The number of hydrogen-bond donors (Lipinski definition) is 2. The number of likely N-dealkylation sites (N-methyl/N-ethyl adjacent to an activating group) is 1. The highest BCUT2D eigenvalue weighted by Gasteiger charge is 2.35. The van der Waals surface area contributed by atoms with Gasteiger partial charge in [0.2, 0.25) is 11.8 Å². The van der Waals surface area contributed by atoms with Crippen molar-refractivity contribution in [1.82, 2.24) is 15.5 Å². The van der Waals surface area contributed by atoms with Crippen molar-refractivity contribution in [3.05, 3.63) is 0 Å². The van der Waals surface area contributed by atoms with Crippen molar-refractivity contribution < 1.29 is 9.59 Å². The molecule has 2 heterocycles. The highest BCUT2D eigenvalue weighted by molar-refractivity contribution is 5.83. The monoisotopic (exact) mass is 293 g/mol. The molecule has 3 rings (SSSR count). The largest absolute Gasteiger partial charge is 0.350 e. The summed E-state index contributed by atoms with van der Waals surface area (Å²) in [6.45, 7) is 0.642. The molecule has 0 radical (unpaired) electrons. The summed E-state index contributed by atoms with van der Waals surface area (Å²) in [7, 11) is 1.81. The molecule has 21 heavy (non-hydrogen) atoms. The average Bonchev–Trinajstić information content (AvgIpc) is 2.50. The van der Waals surface area contributed by atoms with Crippen molar-refractivity contribution in [3.63, 3.8) is 0 Å². The first kappa shape index (κ1) is 14.8. The SMILES string of the molecule is CN1CC(NC(=O)C2CCC3CCCCC3N2)CCC1=O. The lowest BCUT2D eigenvalue weighted by atomic mass is 9.77. The fourth-order valence-electron chi connectivity index (χ4n) is 4.13. The first-order chi connectivity index (χ1) is 10.1. The van der Waals surface area contributed by atoms with Crippen LogP contribution in [0.5, 0.6) is 0 Å². The number of hydrogen-bond acceptors (Lipinski definition) is 3. The van der Waals surface area contributed by atoms with Crippen molar-refractivity contribution in [1.29, 1.82) is 0 Å². The average molecular weight is 293 g/mol. The number of nitrogens with one attached hydrogen (secondary N) is 2. The number of likely N-dealkylation sites (tertiary alicyclic amines) is 1. The quantitative estimate of drug-likeness (QED) is 0.799. The number of nitrogens with zero attached hydrogens (tertiary/aromatic N) is 1. The molecule has 1 saturated carbocycles. The molecule has 2 aliphatic heterocycles. The summed E-state index contributed by atoms with van der Waals surface area (Å²) in [5, 5.41) is 6.71. The van der Waals surface area contributed by atoms with Crippen molar-refractivity contribution in [3.8, 4) is 0 Å². The van der Waals surface area contributed by atoms with E-state index in [2.05, 4.69) is 10.6 Å². The molecule has 0 spiro atoms. The lowest BCUT2D eigenvalue weighted by Crippen LogP contribution is -2.58. The summed E-state index contributed by atoms with van der Waals surface area (Å²) in [6, 6.07) is 0.622. The van der Waals surface area contributed by atoms with E-state index in [-0.39, 0.29) is 23.9 Å². The van der Waals surface area contributed by atoms with Gasteiger partial charge >= 0.3 is 0 Å². The third kappa shape index (κ3) is 3.39. The van der Waals surface area contributed by atoms with E-state index in [1.807, 2.05) is 7.05 Å². The van der Waals surface area contributed by atoms with E-state index in [0.717, 1.165) is 18.8 Å². The van der Waals surface area contributed by atoms with Crippen LogP contribution in [-0.4, -0.2) is 48.4 Å². The van der Waals surface area contributed by atoms with Gasteiger partial charge in [0.25, 0.3) is 0 Å². The molecule has 2 N–H and O–H groups in total. The van der Waals surface area contributed by atoms with Gasteiger partial charge in [-0.3, -0.25) is 9.59 Å². The van der Waals surface area contributed by atoms with Crippen LogP contribution in [0.4, 0.5) is 0 Å². The number of amides is 2. The zero-order valence-corrected chi connectivity index (χ0v) is 12.9. The van der Waals surface area contributed by atoms with Crippen LogP contribution in [0.1, 0.15) is 51.4 Å². The number of fused-ring (bicyclic) bond motifs is 1. The Morgan fingerprint density at radius 2 is 2.00 bits per heavy atom. The highest BCUT2D eigenvalue weighted by atomic mass is 16.2. The predicted molar refractivity (Wildman–Crippen MR) is 80.7 cm³/mol. The van der Waals surface area contributed by atoms with Gasteiger partial charge in [-0.2, -0.15) is 0 Å². The fourth-order valence-corrected chi connectivity index (χ4v) is 4.13. The summed E-state index contributed by atoms with van der Waals surface area (Å²) >= 11 is 0. The van der Waals surface area contributed by atoms with Crippen molar-refractivity contribution >= 4 is 11.8 Å². The second-order valence-electron chi connectivity index (χ2n) is 6.97. The van der Waals surface area contributed by atoms with E-state index in [0.29, 0.717) is 19.0 Å². The molecule has 3 aliphatic rings. The summed E-state index contributed by atoms with van der Waals surface area (Å²) in [6.07, 6.45) is 8.63. The number of carbonyl (C=O) groups is 2. The second kappa shape index (κ2) is 6.34. The topological polar surface area (TPSA) is 61.4 Å². The first-order valence-electron chi connectivity index (χ1n) is 8.44. The van der Waals surface area contributed by atoms with Gasteiger partial charge in [0.15, 0.2) is 0 Å². The minimum Gasteiger partial charge on any atom is -0.350 e. The predicted octanol–water partition coefficient (Wildman–Crippen LogP) is 1.03. The molecule has 5 nitrogen and oxygen atoms in total. The van der Waals surface area contributed by atoms with Gasteiger partial charge in [-0.1, -0.05) is 12.8 Å². The third-order valence-corrected chi connectivity index (χ3v) is 5.44. The normalized spacial score (nSPS) is 37.0. The molecular weight excluding hydrogens is 266 g/mol. The van der Waals surface area contributed by atoms with E-state index >= 15 is 0 Å². The zero-order valence-electron chi connectivity index (χ0n) is 12.9. The summed E-state index contributed by atoms with van der Waals surface area (Å²) < 4.78 is 0. The van der Waals surface area contributed by atoms with Gasteiger partial charge in [-0.25, -0.2) is 0 Å². The van der Waals surface area contributed by atoms with Crippen LogP contribution < -0.4 is 10.6 Å². The molecular formula is C16H27N3O2. The molecule has 4 atom stereocenters. The Morgan fingerprint density at radius 1 is 1.19 bits per heavy atom. The number of rotatable bonds is 2. The Bertz CT molecular complexity index is 412. The minimum atomic E-state index is -0.0349. The Kier molecular flexibility index (Phi) is 4.48. The van der Waals surface area contributed by atoms with E-state index < -0.39 is 0 Å². The molecule has 0 aromatic rings. The van der Waals surface area contributed by atoms with E-state index in [9.17, 15) is 9.59 Å². The molecule has 3 fully saturated rings. The molecule has 2 amide bonds. The second-order valence-corrected chi connectivity index (χ2v) is 6.97. The minimum absolute atomic E-state index is 0.0349. The van der Waals surface area contributed by atoms with Crippen LogP contribution in [0.2, 0.25) is 0 Å². The Balaban J connectivity index is 1.50. The van der Waals surface area contributed by atoms with Crippen molar-refractivity contribution in [2.75, 3.05) is 13.6 Å². The Hall–Kier alpha value is -1.10. The maximum atomic E-state index is 12.5.